The number of fused-ring (bicyclic) bond motifs is 2. The fourth-order valence-electron chi connectivity index (χ4n) is 5.13. The molecule has 40 heavy (non-hydrogen) atoms. The largest absolute Gasteiger partial charge is 0.431 e. The van der Waals surface area contributed by atoms with Crippen LogP contribution in [0.3, 0.4) is 0 Å². The second kappa shape index (κ2) is 11.6. The van der Waals surface area contributed by atoms with E-state index in [1.165, 1.54) is 23.8 Å². The zero-order valence-electron chi connectivity index (χ0n) is 22.1. The first-order chi connectivity index (χ1) is 19.4. The number of nitrogens with one attached hydrogen (secondary N) is 1. The van der Waals surface area contributed by atoms with Crippen molar-refractivity contribution in [3.05, 3.63) is 88.7 Å². The van der Waals surface area contributed by atoms with Crippen LogP contribution in [0, 0.1) is 12.7 Å². The number of para-hydroxylation sites is 2. The Morgan fingerprint density at radius 2 is 1.85 bits per heavy atom. The first-order valence-electron chi connectivity index (χ1n) is 13.1. The van der Waals surface area contributed by atoms with Gasteiger partial charge in [-0.3, -0.25) is 9.59 Å². The van der Waals surface area contributed by atoms with Gasteiger partial charge in [-0.25, -0.2) is 9.18 Å². The summed E-state index contributed by atoms with van der Waals surface area (Å²) in [6.45, 7) is 1.92. The summed E-state index contributed by atoms with van der Waals surface area (Å²) in [6.07, 6.45) is 2.56. The molecule has 5 rings (SSSR count). The number of benzene rings is 3. The van der Waals surface area contributed by atoms with Crippen molar-refractivity contribution >= 4 is 41.3 Å². The van der Waals surface area contributed by atoms with Crippen LogP contribution in [0.25, 0.3) is 0 Å². The normalized spacial score (nSPS) is 14.7. The molecule has 0 saturated heterocycles. The number of rotatable bonds is 6. The number of aryl methyl sites for hydroxylation is 2. The molecule has 3 aromatic rings. The lowest BCUT2D eigenvalue weighted by Crippen LogP contribution is -2.48. The Morgan fingerprint density at radius 1 is 1.05 bits per heavy atom. The molecular weight excluding hydrogens is 515 g/mol. The van der Waals surface area contributed by atoms with E-state index in [0.29, 0.717) is 18.4 Å². The summed E-state index contributed by atoms with van der Waals surface area (Å²) in [6, 6.07) is 17.4. The van der Waals surface area contributed by atoms with E-state index in [1.807, 2.05) is 30.0 Å². The lowest BCUT2D eigenvalue weighted by Gasteiger charge is -2.34. The molecule has 2 aliphatic heterocycles. The van der Waals surface area contributed by atoms with Gasteiger partial charge in [0.25, 0.3) is 11.8 Å². The molecule has 0 unspecified atom stereocenters. The van der Waals surface area contributed by atoms with E-state index in [4.69, 9.17) is 4.84 Å². The highest BCUT2D eigenvalue weighted by atomic mass is 19.1. The minimum absolute atomic E-state index is 0.0737. The predicted molar refractivity (Wildman–Crippen MR) is 148 cm³/mol. The van der Waals surface area contributed by atoms with Gasteiger partial charge in [0, 0.05) is 24.3 Å². The summed E-state index contributed by atoms with van der Waals surface area (Å²) in [5, 5.41) is 3.51. The summed E-state index contributed by atoms with van der Waals surface area (Å²) in [5.74, 6) is -1.28. The Kier molecular flexibility index (Phi) is 7.77. The lowest BCUT2D eigenvalue weighted by atomic mass is 10.0. The molecule has 1 N–H and O–H groups in total. The fourth-order valence-corrected chi connectivity index (χ4v) is 5.13. The Labute approximate surface area is 231 Å². The SMILES string of the molecule is Cc1cc(C(=O)N2CCCCc3ccccc32)ccc1CNC(=O)ON1CC(=O)N(CC=O)c2cccc(F)c21. The van der Waals surface area contributed by atoms with Crippen LogP contribution in [0.15, 0.2) is 60.7 Å². The fraction of sp³-hybridized carbons (Fsp3) is 0.267. The number of aldehydes is 1. The van der Waals surface area contributed by atoms with Crippen LogP contribution >= 0.6 is 0 Å². The summed E-state index contributed by atoms with van der Waals surface area (Å²) < 4.78 is 14.6. The minimum atomic E-state index is -0.883. The maximum Gasteiger partial charge on any atom is 0.431 e. The quantitative estimate of drug-likeness (QED) is 0.465. The van der Waals surface area contributed by atoms with Gasteiger partial charge in [0.05, 0.1) is 12.2 Å². The summed E-state index contributed by atoms with van der Waals surface area (Å²) in [5.41, 5.74) is 4.27. The van der Waals surface area contributed by atoms with Crippen molar-refractivity contribution in [1.82, 2.24) is 5.32 Å². The van der Waals surface area contributed by atoms with E-state index in [0.717, 1.165) is 46.0 Å². The van der Waals surface area contributed by atoms with Gasteiger partial charge in [0.2, 0.25) is 0 Å². The molecular formula is C30H29FN4O5. The van der Waals surface area contributed by atoms with E-state index >= 15 is 0 Å². The molecule has 2 aliphatic rings. The summed E-state index contributed by atoms with van der Waals surface area (Å²) in [7, 11) is 0. The topological polar surface area (TPSA) is 99.3 Å². The average molecular weight is 545 g/mol. The van der Waals surface area contributed by atoms with E-state index in [1.54, 1.807) is 18.2 Å². The Bertz CT molecular complexity index is 1480. The van der Waals surface area contributed by atoms with Crippen LogP contribution in [0.2, 0.25) is 0 Å². The van der Waals surface area contributed by atoms with E-state index in [2.05, 4.69) is 11.4 Å². The van der Waals surface area contributed by atoms with Gasteiger partial charge in [0.1, 0.15) is 18.5 Å². The minimum Gasteiger partial charge on any atom is -0.321 e. The van der Waals surface area contributed by atoms with Gasteiger partial charge >= 0.3 is 6.09 Å². The molecule has 0 aliphatic carbocycles. The van der Waals surface area contributed by atoms with Gasteiger partial charge < -0.3 is 24.7 Å². The molecule has 0 bridgehead atoms. The number of amides is 3. The van der Waals surface area contributed by atoms with Crippen molar-refractivity contribution < 1.29 is 28.4 Å². The predicted octanol–water partition coefficient (Wildman–Crippen LogP) is 4.31. The highest BCUT2D eigenvalue weighted by Gasteiger charge is 2.33. The van der Waals surface area contributed by atoms with Gasteiger partial charge in [-0.15, -0.1) is 0 Å². The maximum atomic E-state index is 14.6. The van der Waals surface area contributed by atoms with Crippen molar-refractivity contribution in [3.8, 4) is 0 Å². The van der Waals surface area contributed by atoms with E-state index < -0.39 is 24.4 Å². The van der Waals surface area contributed by atoms with Crippen LogP contribution in [-0.4, -0.2) is 43.8 Å². The van der Waals surface area contributed by atoms with Gasteiger partial charge in [0.15, 0.2) is 5.82 Å². The third kappa shape index (κ3) is 5.38. The molecule has 10 heteroatoms. The van der Waals surface area contributed by atoms with Crippen LogP contribution in [0.5, 0.6) is 0 Å². The molecule has 0 atom stereocenters. The third-order valence-electron chi connectivity index (χ3n) is 7.15. The van der Waals surface area contributed by atoms with Gasteiger partial charge in [-0.05, 0) is 73.2 Å². The van der Waals surface area contributed by atoms with Crippen LogP contribution in [0.1, 0.15) is 39.9 Å². The molecule has 0 radical (unpaired) electrons. The van der Waals surface area contributed by atoms with Crippen molar-refractivity contribution in [3.63, 3.8) is 0 Å². The highest BCUT2D eigenvalue weighted by Crippen LogP contribution is 2.36. The zero-order valence-corrected chi connectivity index (χ0v) is 22.1. The number of nitrogens with zero attached hydrogens (tertiary/aromatic N) is 3. The van der Waals surface area contributed by atoms with Crippen molar-refractivity contribution in [2.45, 2.75) is 32.7 Å². The number of carbonyl (C=O) groups excluding carboxylic acids is 4. The average Bonchev–Trinajstić information content (AvgIpc) is 3.16. The lowest BCUT2D eigenvalue weighted by molar-refractivity contribution is -0.119. The van der Waals surface area contributed by atoms with Crippen molar-refractivity contribution in [2.24, 2.45) is 0 Å². The van der Waals surface area contributed by atoms with E-state index in [9.17, 15) is 23.6 Å². The first kappa shape index (κ1) is 26.9. The third-order valence-corrected chi connectivity index (χ3v) is 7.15. The Hall–Kier alpha value is -4.73. The Morgan fingerprint density at radius 3 is 2.65 bits per heavy atom. The molecule has 0 saturated carbocycles. The molecule has 9 nitrogen and oxygen atoms in total. The molecule has 206 valence electrons. The molecule has 3 amide bonds. The van der Waals surface area contributed by atoms with Crippen LogP contribution < -0.4 is 20.2 Å². The smallest absolute Gasteiger partial charge is 0.321 e. The maximum absolute atomic E-state index is 14.6. The van der Waals surface area contributed by atoms with E-state index in [-0.39, 0.29) is 30.4 Å². The highest BCUT2D eigenvalue weighted by molar-refractivity contribution is 6.07. The zero-order chi connectivity index (χ0) is 28.2. The molecule has 3 aromatic carbocycles. The van der Waals surface area contributed by atoms with Crippen LogP contribution in [-0.2, 0) is 27.4 Å². The standard InChI is InChI=1S/C30H29FN4O5/c1-20-17-22(29(38)34-14-5-4-8-21-7-2-3-10-25(21)34)12-13-23(20)18-32-30(39)40-35-19-27(37)33(15-16-36)26-11-6-9-24(31)28(26)35/h2-3,6-7,9-13,16-17H,4-5,8,14-15,18-19H2,1H3,(H,32,39). The number of hydroxylamine groups is 1. The summed E-state index contributed by atoms with van der Waals surface area (Å²) >= 11 is 0. The number of anilines is 3. The molecule has 2 heterocycles. The number of halogens is 1. The molecule has 0 fully saturated rings. The number of hydrogen-bond donors (Lipinski definition) is 1. The monoisotopic (exact) mass is 544 g/mol. The molecule has 0 spiro atoms. The van der Waals surface area contributed by atoms with Gasteiger partial charge in [-0.1, -0.05) is 30.3 Å². The second-order valence-corrected chi connectivity index (χ2v) is 9.73. The van der Waals surface area contributed by atoms with Crippen LogP contribution in [0.4, 0.5) is 26.2 Å². The van der Waals surface area contributed by atoms with Crippen molar-refractivity contribution in [2.75, 3.05) is 34.5 Å². The number of carbonyl (C=O) groups is 4. The molecule has 0 aromatic heterocycles. The number of hydrogen-bond acceptors (Lipinski definition) is 6. The first-order valence-corrected chi connectivity index (χ1v) is 13.1. The Balaban J connectivity index is 1.25. The second-order valence-electron chi connectivity index (χ2n) is 9.73. The van der Waals surface area contributed by atoms with Gasteiger partial charge in [-0.2, -0.15) is 5.06 Å². The summed E-state index contributed by atoms with van der Waals surface area (Å²) in [4.78, 5) is 57.8. The van der Waals surface area contributed by atoms with Crippen molar-refractivity contribution in [1.29, 1.82) is 0 Å².